The smallest absolute Gasteiger partial charge is 0.384 e. The Labute approximate surface area is 90.2 Å². The first-order valence-electron chi connectivity index (χ1n) is 4.62. The van der Waals surface area contributed by atoms with Gasteiger partial charge in [-0.3, -0.25) is 0 Å². The molecule has 15 heavy (non-hydrogen) atoms. The minimum Gasteiger partial charge on any atom is -0.384 e. The molecule has 0 aromatic heterocycles. The largest absolute Gasteiger partial charge is 0.418 e. The minimum atomic E-state index is -4.32. The molecule has 0 atom stereocenters. The Morgan fingerprint density at radius 2 is 2.00 bits per heavy atom. The van der Waals surface area contributed by atoms with Gasteiger partial charge in [-0.05, 0) is 30.5 Å². The molecule has 0 radical (unpaired) electrons. The first-order chi connectivity index (χ1) is 7.00. The van der Waals surface area contributed by atoms with Gasteiger partial charge in [-0.2, -0.15) is 13.2 Å². The molecule has 1 aromatic carbocycles. The molecule has 5 heteroatoms. The van der Waals surface area contributed by atoms with Gasteiger partial charge in [0.05, 0.1) is 11.3 Å². The van der Waals surface area contributed by atoms with Crippen LogP contribution in [0, 0.1) is 0 Å². The lowest BCUT2D eigenvalue weighted by molar-refractivity contribution is -0.137. The summed E-state index contributed by atoms with van der Waals surface area (Å²) in [5.74, 6) is 0. The summed E-state index contributed by atoms with van der Waals surface area (Å²) in [7, 11) is 0. The van der Waals surface area contributed by atoms with E-state index in [-0.39, 0.29) is 5.69 Å². The summed E-state index contributed by atoms with van der Waals surface area (Å²) in [4.78, 5) is 0. The SMILES string of the molecule is FC(F)(F)c1ccc(Cl)c2c1NCCC2. The molecule has 1 heterocycles. The Kier molecular flexibility index (Phi) is 2.54. The fourth-order valence-electron chi connectivity index (χ4n) is 1.78. The molecule has 0 saturated carbocycles. The molecule has 0 bridgehead atoms. The van der Waals surface area contributed by atoms with Crippen molar-refractivity contribution in [3.8, 4) is 0 Å². The molecule has 0 fully saturated rings. The Balaban J connectivity index is 2.58. The highest BCUT2D eigenvalue weighted by molar-refractivity contribution is 6.31. The third-order valence-corrected chi connectivity index (χ3v) is 2.82. The number of hydrogen-bond donors (Lipinski definition) is 1. The van der Waals surface area contributed by atoms with E-state index in [1.54, 1.807) is 0 Å². The number of nitrogens with one attached hydrogen (secondary N) is 1. The predicted molar refractivity (Wildman–Crippen MR) is 53.3 cm³/mol. The van der Waals surface area contributed by atoms with Gasteiger partial charge in [-0.25, -0.2) is 0 Å². The highest BCUT2D eigenvalue weighted by Crippen LogP contribution is 2.40. The highest BCUT2D eigenvalue weighted by Gasteiger charge is 2.35. The average molecular weight is 236 g/mol. The van der Waals surface area contributed by atoms with Crippen molar-refractivity contribution in [1.29, 1.82) is 0 Å². The molecule has 1 nitrogen and oxygen atoms in total. The molecule has 1 aromatic rings. The summed E-state index contributed by atoms with van der Waals surface area (Å²) in [5, 5.41) is 3.18. The summed E-state index contributed by atoms with van der Waals surface area (Å²) in [6.45, 7) is 0.566. The maximum Gasteiger partial charge on any atom is 0.418 e. The van der Waals surface area contributed by atoms with Gasteiger partial charge in [0.2, 0.25) is 0 Å². The molecule has 1 N–H and O–H groups in total. The zero-order valence-corrected chi connectivity index (χ0v) is 8.54. The number of alkyl halides is 3. The molecule has 82 valence electrons. The van der Waals surface area contributed by atoms with E-state index in [1.165, 1.54) is 6.07 Å². The predicted octanol–water partition coefficient (Wildman–Crippen LogP) is 3.72. The fraction of sp³-hybridized carbons (Fsp3) is 0.400. The van der Waals surface area contributed by atoms with Crippen molar-refractivity contribution in [3.05, 3.63) is 28.3 Å². The third kappa shape index (κ3) is 1.91. The van der Waals surface area contributed by atoms with Crippen LogP contribution in [0.3, 0.4) is 0 Å². The molecule has 0 spiro atoms. The Bertz CT molecular complexity index is 387. The number of fused-ring (bicyclic) bond motifs is 1. The lowest BCUT2D eigenvalue weighted by atomic mass is 9.99. The zero-order valence-electron chi connectivity index (χ0n) is 7.79. The van der Waals surface area contributed by atoms with Crippen LogP contribution in [0.25, 0.3) is 0 Å². The monoisotopic (exact) mass is 235 g/mol. The lowest BCUT2D eigenvalue weighted by Gasteiger charge is -2.23. The van der Waals surface area contributed by atoms with Crippen LogP contribution in [0.1, 0.15) is 17.5 Å². The number of anilines is 1. The molecule has 1 aliphatic heterocycles. The van der Waals surface area contributed by atoms with Crippen molar-refractivity contribution in [2.75, 3.05) is 11.9 Å². The third-order valence-electron chi connectivity index (χ3n) is 2.47. The summed E-state index contributed by atoms with van der Waals surface area (Å²) in [6.07, 6.45) is -2.90. The molecule has 0 saturated heterocycles. The van der Waals surface area contributed by atoms with Crippen LogP contribution in [0.4, 0.5) is 18.9 Å². The summed E-state index contributed by atoms with van der Waals surface area (Å²) >= 11 is 5.86. The Morgan fingerprint density at radius 3 is 2.67 bits per heavy atom. The summed E-state index contributed by atoms with van der Waals surface area (Å²) < 4.78 is 37.9. The van der Waals surface area contributed by atoms with E-state index in [4.69, 9.17) is 11.6 Å². The molecule has 1 aliphatic rings. The second kappa shape index (κ2) is 3.59. The van der Waals surface area contributed by atoms with E-state index in [2.05, 4.69) is 5.32 Å². The van der Waals surface area contributed by atoms with Crippen LogP contribution in [0.5, 0.6) is 0 Å². The minimum absolute atomic E-state index is 0.154. The topological polar surface area (TPSA) is 12.0 Å². The van der Waals surface area contributed by atoms with Crippen molar-refractivity contribution in [3.63, 3.8) is 0 Å². The number of benzene rings is 1. The molecule has 0 aliphatic carbocycles. The Hall–Kier alpha value is -0.900. The quantitative estimate of drug-likeness (QED) is 0.723. The van der Waals surface area contributed by atoms with Crippen molar-refractivity contribution in [2.24, 2.45) is 0 Å². The summed E-state index contributed by atoms with van der Waals surface area (Å²) in [5.41, 5.74) is 0.112. The van der Waals surface area contributed by atoms with E-state index in [1.807, 2.05) is 0 Å². The maximum absolute atomic E-state index is 12.6. The first-order valence-corrected chi connectivity index (χ1v) is 5.00. The second-order valence-electron chi connectivity index (χ2n) is 3.48. The number of rotatable bonds is 0. The van der Waals surface area contributed by atoms with Gasteiger partial charge in [0.15, 0.2) is 0 Å². The van der Waals surface area contributed by atoms with Gasteiger partial charge in [-0.1, -0.05) is 11.6 Å². The molecule has 0 amide bonds. The Morgan fingerprint density at radius 1 is 1.27 bits per heavy atom. The zero-order chi connectivity index (χ0) is 11.1. The molecule has 0 unspecified atom stereocenters. The molecular weight excluding hydrogens is 227 g/mol. The normalized spacial score (nSPS) is 15.7. The van der Waals surface area contributed by atoms with E-state index in [0.29, 0.717) is 23.6 Å². The van der Waals surface area contributed by atoms with E-state index < -0.39 is 11.7 Å². The van der Waals surface area contributed by atoms with Gasteiger partial charge >= 0.3 is 6.18 Å². The van der Waals surface area contributed by atoms with Crippen LogP contribution in [-0.2, 0) is 12.6 Å². The number of hydrogen-bond acceptors (Lipinski definition) is 1. The average Bonchev–Trinajstić information content (AvgIpc) is 2.17. The second-order valence-corrected chi connectivity index (χ2v) is 3.88. The standard InChI is InChI=1S/C10H9ClF3N/c11-8-4-3-7(10(12,13)14)9-6(8)2-1-5-15-9/h3-4,15H,1-2,5H2. The van der Waals surface area contributed by atoms with Gasteiger partial charge in [0.25, 0.3) is 0 Å². The van der Waals surface area contributed by atoms with Gasteiger partial charge in [0, 0.05) is 11.6 Å². The molecular formula is C10H9ClF3N. The van der Waals surface area contributed by atoms with E-state index >= 15 is 0 Å². The van der Waals surface area contributed by atoms with Gasteiger partial charge in [0.1, 0.15) is 0 Å². The van der Waals surface area contributed by atoms with Crippen LogP contribution in [-0.4, -0.2) is 6.54 Å². The highest BCUT2D eigenvalue weighted by atomic mass is 35.5. The van der Waals surface area contributed by atoms with Crippen LogP contribution >= 0.6 is 11.6 Å². The maximum atomic E-state index is 12.6. The molecule has 2 rings (SSSR count). The van der Waals surface area contributed by atoms with Crippen LogP contribution in [0.2, 0.25) is 5.02 Å². The van der Waals surface area contributed by atoms with Crippen molar-refractivity contribution < 1.29 is 13.2 Å². The van der Waals surface area contributed by atoms with Crippen molar-refractivity contribution >= 4 is 17.3 Å². The fourth-order valence-corrected chi connectivity index (χ4v) is 2.04. The van der Waals surface area contributed by atoms with Crippen molar-refractivity contribution in [2.45, 2.75) is 19.0 Å². The number of halogens is 4. The van der Waals surface area contributed by atoms with Gasteiger partial charge < -0.3 is 5.32 Å². The van der Waals surface area contributed by atoms with Crippen LogP contribution in [0.15, 0.2) is 12.1 Å². The van der Waals surface area contributed by atoms with Crippen LogP contribution < -0.4 is 5.32 Å². The van der Waals surface area contributed by atoms with Crippen molar-refractivity contribution in [1.82, 2.24) is 0 Å². The lowest BCUT2D eigenvalue weighted by Crippen LogP contribution is -2.18. The van der Waals surface area contributed by atoms with E-state index in [0.717, 1.165) is 12.5 Å². The first kappa shape index (κ1) is 10.6. The summed E-state index contributed by atoms with van der Waals surface area (Å²) in [6, 6.07) is 2.34. The van der Waals surface area contributed by atoms with E-state index in [9.17, 15) is 13.2 Å². The van der Waals surface area contributed by atoms with Gasteiger partial charge in [-0.15, -0.1) is 0 Å².